The van der Waals surface area contributed by atoms with Crippen molar-refractivity contribution < 1.29 is 15.0 Å². The average Bonchev–Trinajstić information content (AvgIpc) is 3.10. The Balaban J connectivity index is 3.27. The Kier molecular flexibility index (Phi) is 41.3. The molecule has 0 saturated heterocycles. The van der Waals surface area contributed by atoms with Gasteiger partial charge in [-0.25, -0.2) is 0 Å². The van der Waals surface area contributed by atoms with Crippen LogP contribution in [0, 0.1) is 0 Å². The SMILES string of the molecule is CCCCCCCCCCCCCCCCCCCCCCCCCCCCCCCCCCC(=O)NC(CO)C(O)CCCCCCC. The number of carbonyl (C=O) groups is 1. The van der Waals surface area contributed by atoms with Crippen LogP contribution in [0.5, 0.6) is 0 Å². The van der Waals surface area contributed by atoms with Gasteiger partial charge in [0.1, 0.15) is 0 Å². The Labute approximate surface area is 308 Å². The molecule has 0 aromatic rings. The minimum absolute atomic E-state index is 0.0327. The van der Waals surface area contributed by atoms with Crippen molar-refractivity contribution in [3.8, 4) is 0 Å². The average molecular weight is 694 g/mol. The van der Waals surface area contributed by atoms with Gasteiger partial charge in [0.2, 0.25) is 5.91 Å². The monoisotopic (exact) mass is 694 g/mol. The third kappa shape index (κ3) is 38.5. The van der Waals surface area contributed by atoms with Crippen LogP contribution in [0.15, 0.2) is 0 Å². The lowest BCUT2D eigenvalue weighted by molar-refractivity contribution is -0.123. The molecule has 0 saturated carbocycles. The van der Waals surface area contributed by atoms with E-state index in [9.17, 15) is 15.0 Å². The number of hydrogen-bond donors (Lipinski definition) is 3. The van der Waals surface area contributed by atoms with Gasteiger partial charge in [-0.1, -0.05) is 245 Å². The molecule has 0 bridgehead atoms. The number of aliphatic hydroxyl groups excluding tert-OH is 2. The van der Waals surface area contributed by atoms with Crippen molar-refractivity contribution in [2.75, 3.05) is 6.61 Å². The summed E-state index contributed by atoms with van der Waals surface area (Å²) in [6, 6.07) is -0.526. The summed E-state index contributed by atoms with van der Waals surface area (Å²) in [5, 5.41) is 22.8. The molecule has 0 heterocycles. The second-order valence-electron chi connectivity index (χ2n) is 15.8. The predicted octanol–water partition coefficient (Wildman–Crippen LogP) is 14.1. The Morgan fingerprint density at radius 3 is 0.918 bits per heavy atom. The number of carbonyl (C=O) groups excluding carboxylic acids is 1. The highest BCUT2D eigenvalue weighted by Crippen LogP contribution is 2.17. The standard InChI is InChI=1S/C45H91NO3/c1-3-5-7-9-10-11-12-13-14-15-16-17-18-19-20-21-22-23-24-25-26-27-28-29-30-31-32-33-34-35-37-39-41-45(49)46-43(42-47)44(48)40-38-36-8-6-4-2/h43-44,47-48H,3-42H2,1-2H3,(H,46,49). The molecule has 0 aliphatic rings. The molecular weight excluding hydrogens is 602 g/mol. The molecule has 4 nitrogen and oxygen atoms in total. The Bertz CT molecular complexity index is 626. The van der Waals surface area contributed by atoms with Gasteiger partial charge >= 0.3 is 0 Å². The van der Waals surface area contributed by atoms with Gasteiger partial charge in [-0.2, -0.15) is 0 Å². The van der Waals surface area contributed by atoms with Crippen LogP contribution in [0.1, 0.15) is 264 Å². The summed E-state index contributed by atoms with van der Waals surface area (Å²) in [5.41, 5.74) is 0. The Morgan fingerprint density at radius 1 is 0.408 bits per heavy atom. The third-order valence-corrected chi connectivity index (χ3v) is 10.9. The molecule has 2 unspecified atom stereocenters. The largest absolute Gasteiger partial charge is 0.394 e. The van der Waals surface area contributed by atoms with Crippen molar-refractivity contribution >= 4 is 5.91 Å². The highest BCUT2D eigenvalue weighted by Gasteiger charge is 2.19. The summed E-state index contributed by atoms with van der Waals surface area (Å²) in [5.74, 6) is -0.0327. The lowest BCUT2D eigenvalue weighted by Gasteiger charge is -2.22. The van der Waals surface area contributed by atoms with Crippen LogP contribution in [0.3, 0.4) is 0 Å². The lowest BCUT2D eigenvalue weighted by atomic mass is 10.0. The first-order valence-corrected chi connectivity index (χ1v) is 22.7. The van der Waals surface area contributed by atoms with Crippen molar-refractivity contribution in [1.82, 2.24) is 5.32 Å². The highest BCUT2D eigenvalue weighted by molar-refractivity contribution is 5.76. The van der Waals surface area contributed by atoms with E-state index in [1.807, 2.05) is 0 Å². The Morgan fingerprint density at radius 2 is 0.653 bits per heavy atom. The van der Waals surface area contributed by atoms with Crippen LogP contribution in [-0.4, -0.2) is 34.9 Å². The second kappa shape index (κ2) is 41.8. The van der Waals surface area contributed by atoms with Crippen LogP contribution >= 0.6 is 0 Å². The van der Waals surface area contributed by atoms with Crippen molar-refractivity contribution in [2.24, 2.45) is 0 Å². The highest BCUT2D eigenvalue weighted by atomic mass is 16.3. The number of nitrogens with one attached hydrogen (secondary N) is 1. The van der Waals surface area contributed by atoms with Crippen molar-refractivity contribution in [1.29, 1.82) is 0 Å². The van der Waals surface area contributed by atoms with E-state index in [0.29, 0.717) is 12.8 Å². The number of unbranched alkanes of at least 4 members (excludes halogenated alkanes) is 35. The van der Waals surface area contributed by atoms with Crippen molar-refractivity contribution in [3.05, 3.63) is 0 Å². The summed E-state index contributed by atoms with van der Waals surface area (Å²) in [4.78, 5) is 12.3. The minimum Gasteiger partial charge on any atom is -0.394 e. The fourth-order valence-corrected chi connectivity index (χ4v) is 7.36. The minimum atomic E-state index is -0.649. The van der Waals surface area contributed by atoms with Crippen molar-refractivity contribution in [2.45, 2.75) is 276 Å². The smallest absolute Gasteiger partial charge is 0.220 e. The summed E-state index contributed by atoms with van der Waals surface area (Å²) in [6.45, 7) is 4.30. The van der Waals surface area contributed by atoms with Gasteiger partial charge in [-0.3, -0.25) is 4.79 Å². The Hall–Kier alpha value is -0.610. The van der Waals surface area contributed by atoms with E-state index in [2.05, 4.69) is 19.2 Å². The van der Waals surface area contributed by atoms with E-state index >= 15 is 0 Å². The topological polar surface area (TPSA) is 69.6 Å². The van der Waals surface area contributed by atoms with E-state index in [1.54, 1.807) is 0 Å². The van der Waals surface area contributed by atoms with Crippen LogP contribution in [0.25, 0.3) is 0 Å². The van der Waals surface area contributed by atoms with Crippen LogP contribution in [-0.2, 0) is 4.79 Å². The van der Waals surface area contributed by atoms with Gasteiger partial charge in [0.05, 0.1) is 18.8 Å². The van der Waals surface area contributed by atoms with E-state index in [0.717, 1.165) is 25.7 Å². The maximum absolute atomic E-state index is 12.3. The molecule has 0 fully saturated rings. The van der Waals surface area contributed by atoms with E-state index in [-0.39, 0.29) is 12.5 Å². The maximum atomic E-state index is 12.3. The first kappa shape index (κ1) is 48.4. The number of hydrogen-bond acceptors (Lipinski definition) is 3. The van der Waals surface area contributed by atoms with E-state index < -0.39 is 12.1 Å². The first-order valence-electron chi connectivity index (χ1n) is 22.7. The summed E-state index contributed by atoms with van der Waals surface area (Å²) >= 11 is 0. The quantitative estimate of drug-likeness (QED) is 0.0557. The fraction of sp³-hybridized carbons (Fsp3) is 0.978. The molecule has 49 heavy (non-hydrogen) atoms. The third-order valence-electron chi connectivity index (χ3n) is 10.9. The van der Waals surface area contributed by atoms with Crippen LogP contribution in [0.4, 0.5) is 0 Å². The normalized spacial score (nSPS) is 12.8. The van der Waals surface area contributed by atoms with Gasteiger partial charge in [-0.05, 0) is 12.8 Å². The number of amides is 1. The lowest BCUT2D eigenvalue weighted by Crippen LogP contribution is -2.45. The van der Waals surface area contributed by atoms with E-state index in [1.165, 1.54) is 212 Å². The summed E-state index contributed by atoms with van der Waals surface area (Å²) in [7, 11) is 0. The molecule has 0 aromatic carbocycles. The molecular formula is C45H91NO3. The molecule has 4 heteroatoms. The van der Waals surface area contributed by atoms with Crippen LogP contribution < -0.4 is 5.32 Å². The van der Waals surface area contributed by atoms with Gasteiger partial charge in [0, 0.05) is 6.42 Å². The molecule has 294 valence electrons. The van der Waals surface area contributed by atoms with Gasteiger partial charge in [0.25, 0.3) is 0 Å². The number of rotatable bonds is 42. The molecule has 0 radical (unpaired) electrons. The van der Waals surface area contributed by atoms with Crippen molar-refractivity contribution in [3.63, 3.8) is 0 Å². The zero-order chi connectivity index (χ0) is 35.7. The fourth-order valence-electron chi connectivity index (χ4n) is 7.36. The molecule has 0 spiro atoms. The molecule has 2 atom stereocenters. The predicted molar refractivity (Wildman–Crippen MR) is 216 cm³/mol. The van der Waals surface area contributed by atoms with E-state index in [4.69, 9.17) is 0 Å². The first-order chi connectivity index (χ1) is 24.2. The zero-order valence-corrected chi connectivity index (χ0v) is 33.7. The molecule has 0 aromatic heterocycles. The van der Waals surface area contributed by atoms with Crippen LogP contribution in [0.2, 0.25) is 0 Å². The molecule has 0 rings (SSSR count). The van der Waals surface area contributed by atoms with Gasteiger partial charge in [0.15, 0.2) is 0 Å². The summed E-state index contributed by atoms with van der Waals surface area (Å²) < 4.78 is 0. The molecule has 3 N–H and O–H groups in total. The van der Waals surface area contributed by atoms with Gasteiger partial charge < -0.3 is 15.5 Å². The second-order valence-corrected chi connectivity index (χ2v) is 15.8. The molecule has 0 aliphatic carbocycles. The molecule has 0 aliphatic heterocycles. The zero-order valence-electron chi connectivity index (χ0n) is 33.7. The van der Waals surface area contributed by atoms with Gasteiger partial charge in [-0.15, -0.1) is 0 Å². The number of aliphatic hydroxyl groups is 2. The maximum Gasteiger partial charge on any atom is 0.220 e. The summed E-state index contributed by atoms with van der Waals surface area (Å²) in [6.07, 6.45) is 51.0. The molecule has 1 amide bonds.